The van der Waals surface area contributed by atoms with Crippen LogP contribution in [0.15, 0.2) is 65.7 Å². The number of nitrogens with one attached hydrogen (secondary N) is 1. The molecular weight excluding hydrogens is 394 g/mol. The molecule has 0 radical (unpaired) electrons. The zero-order valence-electron chi connectivity index (χ0n) is 17.4. The molecule has 5 nitrogen and oxygen atoms in total. The van der Waals surface area contributed by atoms with Crippen LogP contribution in [0.3, 0.4) is 0 Å². The molecule has 2 amide bonds. The average molecular weight is 424 g/mol. The molecule has 1 atom stereocenters. The van der Waals surface area contributed by atoms with Crippen LogP contribution in [-0.4, -0.2) is 33.7 Å². The second-order valence-corrected chi connectivity index (χ2v) is 8.53. The van der Waals surface area contributed by atoms with Crippen LogP contribution in [0.1, 0.15) is 45.4 Å². The van der Waals surface area contributed by atoms with E-state index < -0.39 is 5.25 Å². The molecule has 1 aliphatic heterocycles. The summed E-state index contributed by atoms with van der Waals surface area (Å²) in [6, 6.07) is 18.9. The second-order valence-electron chi connectivity index (χ2n) is 7.36. The number of benzene rings is 2. The van der Waals surface area contributed by atoms with Gasteiger partial charge in [0, 0.05) is 18.7 Å². The van der Waals surface area contributed by atoms with Crippen molar-refractivity contribution >= 4 is 40.1 Å². The van der Waals surface area contributed by atoms with Gasteiger partial charge in [0.2, 0.25) is 11.8 Å². The number of aliphatic imine (C=N–C) groups is 1. The minimum Gasteiger partial charge on any atom is -0.325 e. The van der Waals surface area contributed by atoms with Gasteiger partial charge in [-0.25, -0.2) is 4.99 Å². The van der Waals surface area contributed by atoms with Gasteiger partial charge in [-0.2, -0.15) is 0 Å². The second kappa shape index (κ2) is 11.6. The van der Waals surface area contributed by atoms with Gasteiger partial charge in [-0.3, -0.25) is 14.5 Å². The van der Waals surface area contributed by atoms with Crippen molar-refractivity contribution in [2.75, 3.05) is 11.9 Å². The molecule has 1 fully saturated rings. The number of amidine groups is 1. The normalized spacial score (nSPS) is 17.9. The number of nitrogens with zero attached hydrogens (tertiary/aromatic N) is 2. The quantitative estimate of drug-likeness (QED) is 0.533. The van der Waals surface area contributed by atoms with Gasteiger partial charge in [0.15, 0.2) is 5.17 Å². The van der Waals surface area contributed by atoms with Crippen LogP contribution < -0.4 is 5.32 Å². The van der Waals surface area contributed by atoms with Crippen molar-refractivity contribution in [2.24, 2.45) is 4.99 Å². The summed E-state index contributed by atoms with van der Waals surface area (Å²) in [6.45, 7) is 2.84. The predicted molar refractivity (Wildman–Crippen MR) is 125 cm³/mol. The molecule has 2 aromatic carbocycles. The molecule has 0 bridgehead atoms. The van der Waals surface area contributed by atoms with Crippen molar-refractivity contribution in [3.63, 3.8) is 0 Å². The highest BCUT2D eigenvalue weighted by atomic mass is 32.2. The van der Waals surface area contributed by atoms with Gasteiger partial charge in [0.25, 0.3) is 0 Å². The van der Waals surface area contributed by atoms with E-state index in [1.54, 1.807) is 4.90 Å². The van der Waals surface area contributed by atoms with E-state index in [1.807, 2.05) is 60.7 Å². The molecular formula is C24H29N3O2S. The van der Waals surface area contributed by atoms with E-state index in [1.165, 1.54) is 31.0 Å². The Labute approximate surface area is 183 Å². The summed E-state index contributed by atoms with van der Waals surface area (Å²) in [5.41, 5.74) is 1.52. The minimum atomic E-state index is -0.489. The van der Waals surface area contributed by atoms with Gasteiger partial charge in [0.05, 0.1) is 5.69 Å². The van der Waals surface area contributed by atoms with Gasteiger partial charge in [-0.15, -0.1) is 0 Å². The maximum absolute atomic E-state index is 12.9. The highest BCUT2D eigenvalue weighted by Crippen LogP contribution is 2.30. The van der Waals surface area contributed by atoms with Crippen molar-refractivity contribution < 1.29 is 9.59 Å². The molecule has 30 heavy (non-hydrogen) atoms. The largest absolute Gasteiger partial charge is 0.325 e. The third-order valence-corrected chi connectivity index (χ3v) is 6.13. The number of hydrogen-bond donors (Lipinski definition) is 1. The third kappa shape index (κ3) is 6.46. The lowest BCUT2D eigenvalue weighted by Crippen LogP contribution is -2.45. The van der Waals surface area contributed by atoms with Gasteiger partial charge >= 0.3 is 0 Å². The third-order valence-electron chi connectivity index (χ3n) is 4.94. The first-order chi connectivity index (χ1) is 14.7. The molecule has 0 aliphatic carbocycles. The van der Waals surface area contributed by atoms with Crippen LogP contribution in [0.25, 0.3) is 0 Å². The monoisotopic (exact) mass is 423 g/mol. The van der Waals surface area contributed by atoms with Crippen LogP contribution in [0, 0.1) is 0 Å². The molecule has 3 rings (SSSR count). The number of hydrogen-bond acceptors (Lipinski definition) is 4. The topological polar surface area (TPSA) is 61.8 Å². The molecule has 2 aromatic rings. The average Bonchev–Trinajstić information content (AvgIpc) is 2.76. The number of thioether (sulfide) groups is 1. The minimum absolute atomic E-state index is 0.0351. The number of carbonyl (C=O) groups is 2. The van der Waals surface area contributed by atoms with E-state index in [-0.39, 0.29) is 18.2 Å². The van der Waals surface area contributed by atoms with Crippen LogP contribution >= 0.6 is 11.8 Å². The fourth-order valence-electron chi connectivity index (χ4n) is 3.29. The maximum Gasteiger partial charge on any atom is 0.238 e. The van der Waals surface area contributed by atoms with Gasteiger partial charge in [-0.1, -0.05) is 80.8 Å². The number of para-hydroxylation sites is 2. The van der Waals surface area contributed by atoms with Crippen LogP contribution in [0.4, 0.5) is 11.4 Å². The van der Waals surface area contributed by atoms with Crippen LogP contribution in [-0.2, 0) is 9.59 Å². The number of anilines is 1. The Bertz CT molecular complexity index is 855. The Balaban J connectivity index is 1.72. The summed E-state index contributed by atoms with van der Waals surface area (Å²) in [4.78, 5) is 32.2. The first-order valence-corrected chi connectivity index (χ1v) is 11.5. The van der Waals surface area contributed by atoms with Crippen molar-refractivity contribution in [2.45, 2.75) is 50.7 Å². The summed E-state index contributed by atoms with van der Waals surface area (Å²) < 4.78 is 0. The Morgan fingerprint density at radius 2 is 1.70 bits per heavy atom. The molecule has 0 aromatic heterocycles. The summed E-state index contributed by atoms with van der Waals surface area (Å²) in [7, 11) is 0. The molecule has 0 spiro atoms. The highest BCUT2D eigenvalue weighted by molar-refractivity contribution is 8.15. The number of rotatable bonds is 9. The fraction of sp³-hybridized carbons (Fsp3) is 0.375. The van der Waals surface area contributed by atoms with E-state index in [2.05, 4.69) is 12.2 Å². The molecule has 1 N–H and O–H groups in total. The van der Waals surface area contributed by atoms with E-state index >= 15 is 0 Å². The lowest BCUT2D eigenvalue weighted by atomic mass is 10.1. The Morgan fingerprint density at radius 3 is 2.40 bits per heavy atom. The Kier molecular flexibility index (Phi) is 8.51. The van der Waals surface area contributed by atoms with Gasteiger partial charge < -0.3 is 5.32 Å². The van der Waals surface area contributed by atoms with Crippen LogP contribution in [0.2, 0.25) is 0 Å². The van der Waals surface area contributed by atoms with E-state index in [9.17, 15) is 9.59 Å². The molecule has 1 unspecified atom stereocenters. The fourth-order valence-corrected chi connectivity index (χ4v) is 4.42. The molecule has 1 heterocycles. The van der Waals surface area contributed by atoms with Crippen molar-refractivity contribution in [3.05, 3.63) is 60.7 Å². The standard InChI is InChI=1S/C24H29N3O2S/c1-2-3-4-5-12-17-27-22(28)18-21(23(29)25-19-13-8-6-9-14-19)30-24(27)26-20-15-10-7-11-16-20/h6-11,13-16,21H,2-5,12,17-18H2,1H3,(H,25,29). The molecule has 1 aliphatic rings. The van der Waals surface area contributed by atoms with Crippen molar-refractivity contribution in [3.8, 4) is 0 Å². The summed E-state index contributed by atoms with van der Waals surface area (Å²) in [5.74, 6) is -0.199. The Morgan fingerprint density at radius 1 is 1.03 bits per heavy atom. The Hall–Kier alpha value is -2.60. The number of carbonyl (C=O) groups excluding carboxylic acids is 2. The molecule has 158 valence electrons. The van der Waals surface area contributed by atoms with Crippen LogP contribution in [0.5, 0.6) is 0 Å². The summed E-state index contributed by atoms with van der Waals surface area (Å²) in [6.07, 6.45) is 5.82. The maximum atomic E-state index is 12.9. The first-order valence-electron chi connectivity index (χ1n) is 10.6. The van der Waals surface area contributed by atoms with Crippen molar-refractivity contribution in [1.29, 1.82) is 0 Å². The number of amides is 2. The summed E-state index contributed by atoms with van der Waals surface area (Å²) in [5, 5.41) is 3.04. The zero-order chi connectivity index (χ0) is 21.2. The molecule has 0 saturated carbocycles. The summed E-state index contributed by atoms with van der Waals surface area (Å²) >= 11 is 1.38. The lowest BCUT2D eigenvalue weighted by Gasteiger charge is -2.31. The SMILES string of the molecule is CCCCCCCN1C(=O)CC(C(=O)Nc2ccccc2)SC1=Nc1ccccc1. The first kappa shape index (κ1) is 22.1. The highest BCUT2D eigenvalue weighted by Gasteiger charge is 2.35. The van der Waals surface area contributed by atoms with E-state index in [4.69, 9.17) is 4.99 Å². The number of unbranched alkanes of at least 4 members (excludes halogenated alkanes) is 4. The van der Waals surface area contributed by atoms with E-state index in [0.717, 1.165) is 24.2 Å². The van der Waals surface area contributed by atoms with Gasteiger partial charge in [0.1, 0.15) is 5.25 Å². The lowest BCUT2D eigenvalue weighted by molar-refractivity contribution is -0.129. The van der Waals surface area contributed by atoms with Crippen molar-refractivity contribution in [1.82, 2.24) is 4.90 Å². The smallest absolute Gasteiger partial charge is 0.238 e. The zero-order valence-corrected chi connectivity index (χ0v) is 18.2. The van der Waals surface area contributed by atoms with Gasteiger partial charge in [-0.05, 0) is 30.7 Å². The predicted octanol–water partition coefficient (Wildman–Crippen LogP) is 5.62. The molecule has 1 saturated heterocycles. The molecule has 6 heteroatoms. The van der Waals surface area contributed by atoms with E-state index in [0.29, 0.717) is 11.7 Å².